The van der Waals surface area contributed by atoms with Gasteiger partial charge < -0.3 is 21.1 Å². The summed E-state index contributed by atoms with van der Waals surface area (Å²) in [7, 11) is 0. The Morgan fingerprint density at radius 3 is 2.49 bits per heavy atom. The first-order valence-corrected chi connectivity index (χ1v) is 14.5. The maximum atomic E-state index is 13.9. The number of amides is 2. The molecular weight excluding hydrogens is 525 g/mol. The Labute approximate surface area is 232 Å². The molecular formula is C28H37ClFN5O4. The van der Waals surface area contributed by atoms with Crippen LogP contribution in [0.15, 0.2) is 18.3 Å². The first-order chi connectivity index (χ1) is 18.8. The largest absolute Gasteiger partial charge is 0.476 e. The number of rotatable bonds is 7. The highest BCUT2D eigenvalue weighted by atomic mass is 35.5. The molecule has 0 spiro atoms. The minimum atomic E-state index is -1.23. The lowest BCUT2D eigenvalue weighted by molar-refractivity contribution is -0.142. The molecule has 2 aromatic heterocycles. The first-order valence-electron chi connectivity index (χ1n) is 14.1. The van der Waals surface area contributed by atoms with Crippen LogP contribution in [0.25, 0.3) is 5.65 Å². The Bertz CT molecular complexity index is 1220. The number of anilines is 1. The molecule has 3 aliphatic rings. The van der Waals surface area contributed by atoms with Crippen molar-refractivity contribution < 1.29 is 23.9 Å². The van der Waals surface area contributed by atoms with Gasteiger partial charge in [0.1, 0.15) is 23.5 Å². The van der Waals surface area contributed by atoms with Crippen LogP contribution in [0.4, 0.5) is 10.1 Å². The number of halogens is 2. The summed E-state index contributed by atoms with van der Waals surface area (Å²) in [5, 5.41) is 12.3. The summed E-state index contributed by atoms with van der Waals surface area (Å²) in [5.41, 5.74) is 6.47. The van der Waals surface area contributed by atoms with Crippen molar-refractivity contribution >= 4 is 40.7 Å². The molecule has 2 aromatic rings. The average molecular weight is 562 g/mol. The van der Waals surface area contributed by atoms with Crippen molar-refractivity contribution in [2.24, 2.45) is 29.4 Å². The van der Waals surface area contributed by atoms with E-state index in [4.69, 9.17) is 17.3 Å². The van der Waals surface area contributed by atoms with E-state index in [9.17, 15) is 23.9 Å². The molecule has 0 bridgehead atoms. The van der Waals surface area contributed by atoms with Crippen LogP contribution in [-0.2, 0) is 9.59 Å². The van der Waals surface area contributed by atoms with E-state index in [1.54, 1.807) is 23.2 Å². The third-order valence-electron chi connectivity index (χ3n) is 9.19. The zero-order valence-corrected chi connectivity index (χ0v) is 22.8. The minimum Gasteiger partial charge on any atom is -0.476 e. The molecule has 2 amide bonds. The number of carboxylic acid groups (broad SMARTS) is 1. The van der Waals surface area contributed by atoms with Gasteiger partial charge in [0, 0.05) is 24.7 Å². The molecule has 4 N–H and O–H groups in total. The van der Waals surface area contributed by atoms with Crippen LogP contribution in [0.3, 0.4) is 0 Å². The Balaban J connectivity index is 1.36. The van der Waals surface area contributed by atoms with E-state index < -0.39 is 24.7 Å². The first kappa shape index (κ1) is 27.8. The number of nitrogens with one attached hydrogen (secondary N) is 1. The Kier molecular flexibility index (Phi) is 8.42. The molecule has 5 rings (SSSR count). The highest BCUT2D eigenvalue weighted by Gasteiger charge is 2.47. The van der Waals surface area contributed by atoms with E-state index in [0.29, 0.717) is 36.6 Å². The number of pyridine rings is 1. The van der Waals surface area contributed by atoms with Crippen molar-refractivity contribution in [2.75, 3.05) is 18.5 Å². The Hall–Kier alpha value is -2.72. The number of carbonyl (C=O) groups is 3. The fourth-order valence-corrected chi connectivity index (χ4v) is 7.31. The van der Waals surface area contributed by atoms with E-state index in [1.807, 2.05) is 0 Å². The molecule has 0 radical (unpaired) electrons. The second-order valence-corrected chi connectivity index (χ2v) is 11.8. The Morgan fingerprint density at radius 1 is 1.10 bits per heavy atom. The predicted molar refractivity (Wildman–Crippen MR) is 145 cm³/mol. The second-order valence-electron chi connectivity index (χ2n) is 11.4. The number of likely N-dealkylation sites (tertiary alicyclic amines) is 1. The molecule has 9 nitrogen and oxygen atoms in total. The number of fused-ring (bicyclic) bond motifs is 1. The van der Waals surface area contributed by atoms with Crippen LogP contribution in [-0.4, -0.2) is 62.5 Å². The van der Waals surface area contributed by atoms with Gasteiger partial charge in [-0.05, 0) is 62.0 Å². The number of nitrogens with two attached hydrogens (primary N) is 1. The number of nitrogens with zero attached hydrogens (tertiary/aromatic N) is 3. The molecule has 2 saturated carbocycles. The van der Waals surface area contributed by atoms with Gasteiger partial charge >= 0.3 is 5.97 Å². The summed E-state index contributed by atoms with van der Waals surface area (Å²) in [4.78, 5) is 44.9. The van der Waals surface area contributed by atoms with Gasteiger partial charge in [0.15, 0.2) is 5.69 Å². The van der Waals surface area contributed by atoms with Crippen molar-refractivity contribution in [1.29, 1.82) is 0 Å². The van der Waals surface area contributed by atoms with E-state index in [2.05, 4.69) is 10.3 Å². The summed E-state index contributed by atoms with van der Waals surface area (Å²) in [6.07, 6.45) is 10.8. The molecule has 11 heteroatoms. The topological polar surface area (TPSA) is 130 Å². The number of carbonyl (C=O) groups excluding carboxylic acids is 2. The molecule has 1 aliphatic heterocycles. The smallest absolute Gasteiger partial charge is 0.357 e. The molecule has 0 aromatic carbocycles. The minimum absolute atomic E-state index is 0.0138. The number of aromatic nitrogens is 2. The van der Waals surface area contributed by atoms with Crippen LogP contribution in [0, 0.1) is 23.7 Å². The highest BCUT2D eigenvalue weighted by Crippen LogP contribution is 2.41. The number of alkyl halides is 1. The standard InChI is InChI=1S/C28H37ClFN5O4/c29-25-23(28(38)39)33-22-11-10-19(15-35(22)25)32-26(36)24-20(16-4-2-1-3-5-16)12-13-34(24)27(37)18-8-6-17(7-9-18)21(31)14-30/h10-11,15-18,20-21,24H,1-9,12-14,31H2,(H,32,36)(H,38,39)/t17?,18?,20-,21+,24-/m0/s1. The van der Waals surface area contributed by atoms with E-state index >= 15 is 0 Å². The van der Waals surface area contributed by atoms with Crippen LogP contribution < -0.4 is 11.1 Å². The third-order valence-corrected chi connectivity index (χ3v) is 9.55. The summed E-state index contributed by atoms with van der Waals surface area (Å²) in [6, 6.07) is 2.21. The van der Waals surface area contributed by atoms with Gasteiger partial charge in [-0.15, -0.1) is 0 Å². The monoisotopic (exact) mass is 561 g/mol. The van der Waals surface area contributed by atoms with Gasteiger partial charge in [-0.25, -0.2) is 14.2 Å². The quantitative estimate of drug-likeness (QED) is 0.455. The molecule has 212 valence electrons. The third kappa shape index (κ3) is 5.63. The zero-order chi connectivity index (χ0) is 27.7. The van der Waals surface area contributed by atoms with Crippen molar-refractivity contribution in [3.8, 4) is 0 Å². The van der Waals surface area contributed by atoms with Crippen LogP contribution in [0.2, 0.25) is 5.15 Å². The summed E-state index contributed by atoms with van der Waals surface area (Å²) < 4.78 is 14.5. The van der Waals surface area contributed by atoms with Gasteiger partial charge in [-0.2, -0.15) is 0 Å². The average Bonchev–Trinajstić information content (AvgIpc) is 3.54. The highest BCUT2D eigenvalue weighted by molar-refractivity contribution is 6.32. The van der Waals surface area contributed by atoms with Crippen LogP contribution >= 0.6 is 11.6 Å². The van der Waals surface area contributed by atoms with Gasteiger partial charge in [-0.3, -0.25) is 14.0 Å². The van der Waals surface area contributed by atoms with Gasteiger partial charge in [0.05, 0.1) is 5.69 Å². The van der Waals surface area contributed by atoms with Crippen molar-refractivity contribution in [3.63, 3.8) is 0 Å². The van der Waals surface area contributed by atoms with Gasteiger partial charge in [-0.1, -0.05) is 43.7 Å². The fourth-order valence-electron chi connectivity index (χ4n) is 7.05. The van der Waals surface area contributed by atoms with Crippen molar-refractivity contribution in [3.05, 3.63) is 29.2 Å². The van der Waals surface area contributed by atoms with Crippen LogP contribution in [0.1, 0.15) is 74.7 Å². The Morgan fingerprint density at radius 2 is 1.82 bits per heavy atom. The van der Waals surface area contributed by atoms with E-state index in [0.717, 1.165) is 44.9 Å². The maximum Gasteiger partial charge on any atom is 0.357 e. The molecule has 3 atom stereocenters. The molecule has 1 saturated heterocycles. The lowest BCUT2D eigenvalue weighted by atomic mass is 9.76. The van der Waals surface area contributed by atoms with Gasteiger partial charge in [0.2, 0.25) is 11.8 Å². The SMILES string of the molecule is N[C@H](CF)C1CCC(C(=O)N2CC[C@@H](C3CCCCC3)[C@H]2C(=O)Nc2ccc3nc(C(=O)O)c(Cl)n3c2)CC1. The lowest BCUT2D eigenvalue weighted by Gasteiger charge is -2.36. The molecule has 39 heavy (non-hydrogen) atoms. The number of hydrogen-bond donors (Lipinski definition) is 3. The zero-order valence-electron chi connectivity index (χ0n) is 22.0. The van der Waals surface area contributed by atoms with Crippen LogP contribution in [0.5, 0.6) is 0 Å². The fraction of sp³-hybridized carbons (Fsp3) is 0.643. The predicted octanol–water partition coefficient (Wildman–Crippen LogP) is 4.53. The second kappa shape index (κ2) is 11.8. The number of imidazole rings is 1. The summed E-state index contributed by atoms with van der Waals surface area (Å²) in [5.74, 6) is -1.05. The maximum absolute atomic E-state index is 13.9. The number of hydrogen-bond acceptors (Lipinski definition) is 5. The van der Waals surface area contributed by atoms with Crippen molar-refractivity contribution in [2.45, 2.75) is 76.3 Å². The lowest BCUT2D eigenvalue weighted by Crippen LogP contribution is -2.50. The molecule has 3 heterocycles. The summed E-state index contributed by atoms with van der Waals surface area (Å²) >= 11 is 6.23. The molecule has 3 fully saturated rings. The number of carboxylic acids is 1. The van der Waals surface area contributed by atoms with E-state index in [-0.39, 0.29) is 40.4 Å². The normalized spacial score (nSPS) is 27.0. The molecule has 2 aliphatic carbocycles. The van der Waals surface area contributed by atoms with E-state index in [1.165, 1.54) is 10.8 Å². The molecule has 0 unspecified atom stereocenters. The van der Waals surface area contributed by atoms with Gasteiger partial charge in [0.25, 0.3) is 0 Å². The number of aromatic carboxylic acids is 1. The summed E-state index contributed by atoms with van der Waals surface area (Å²) in [6.45, 7) is 0.00474. The van der Waals surface area contributed by atoms with Crippen molar-refractivity contribution in [1.82, 2.24) is 14.3 Å².